The van der Waals surface area contributed by atoms with Gasteiger partial charge in [-0.1, -0.05) is 11.3 Å². The zero-order valence-electron chi connectivity index (χ0n) is 9.66. The molecule has 3 aromatic heterocycles. The van der Waals surface area contributed by atoms with Gasteiger partial charge < -0.3 is 14.3 Å². The topological polar surface area (TPSA) is 72.8 Å². The van der Waals surface area contributed by atoms with Crippen molar-refractivity contribution in [1.82, 2.24) is 14.6 Å². The summed E-state index contributed by atoms with van der Waals surface area (Å²) in [5.74, 6) is 0.630. The van der Waals surface area contributed by atoms with Crippen LogP contribution in [-0.4, -0.2) is 26.8 Å². The van der Waals surface area contributed by atoms with E-state index in [1.807, 2.05) is 6.07 Å². The van der Waals surface area contributed by atoms with Gasteiger partial charge in [0.2, 0.25) is 4.96 Å². The first-order valence-corrected chi connectivity index (χ1v) is 6.16. The van der Waals surface area contributed by atoms with E-state index in [4.69, 9.17) is 9.15 Å². The molecule has 0 bridgehead atoms. The van der Waals surface area contributed by atoms with Gasteiger partial charge in [0.05, 0.1) is 19.5 Å². The van der Waals surface area contributed by atoms with E-state index in [1.165, 1.54) is 11.3 Å². The summed E-state index contributed by atoms with van der Waals surface area (Å²) in [5, 5.41) is 14.6. The first kappa shape index (κ1) is 11.4. The fraction of sp³-hybridized carbons (Fsp3) is 0.273. The number of aliphatic hydroxyl groups is 1. The molecule has 18 heavy (non-hydrogen) atoms. The standard InChI is InChI=1S/C11H11N3O3S/c1-16-6-9-13-14-7(5-15)10(12-11(14)18-9)8-3-2-4-17-8/h2-4,15H,5-6H2,1H3. The highest BCUT2D eigenvalue weighted by molar-refractivity contribution is 7.16. The Bertz CT molecular complexity index is 656. The second-order valence-corrected chi connectivity index (χ2v) is 4.71. The van der Waals surface area contributed by atoms with Gasteiger partial charge in [0.25, 0.3) is 0 Å². The number of ether oxygens (including phenoxy) is 1. The van der Waals surface area contributed by atoms with Crippen molar-refractivity contribution in [3.63, 3.8) is 0 Å². The molecule has 7 heteroatoms. The number of nitrogens with zero attached hydrogens (tertiary/aromatic N) is 3. The van der Waals surface area contributed by atoms with Gasteiger partial charge in [-0.25, -0.2) is 9.50 Å². The monoisotopic (exact) mass is 265 g/mol. The fourth-order valence-corrected chi connectivity index (χ4v) is 2.65. The number of fused-ring (bicyclic) bond motifs is 1. The van der Waals surface area contributed by atoms with Gasteiger partial charge in [-0.2, -0.15) is 5.10 Å². The molecule has 0 spiro atoms. The van der Waals surface area contributed by atoms with Crippen LogP contribution in [0.4, 0.5) is 0 Å². The molecule has 0 radical (unpaired) electrons. The van der Waals surface area contributed by atoms with Gasteiger partial charge >= 0.3 is 0 Å². The molecular formula is C11H11N3O3S. The molecule has 0 saturated carbocycles. The van der Waals surface area contributed by atoms with Crippen LogP contribution in [0.3, 0.4) is 0 Å². The Hall–Kier alpha value is -1.70. The van der Waals surface area contributed by atoms with Crippen LogP contribution in [-0.2, 0) is 18.0 Å². The quantitative estimate of drug-likeness (QED) is 0.777. The Balaban J connectivity index is 2.14. The van der Waals surface area contributed by atoms with Crippen LogP contribution in [0.1, 0.15) is 10.7 Å². The zero-order chi connectivity index (χ0) is 12.5. The highest BCUT2D eigenvalue weighted by Gasteiger charge is 2.18. The lowest BCUT2D eigenvalue weighted by Crippen LogP contribution is -1.96. The summed E-state index contributed by atoms with van der Waals surface area (Å²) < 4.78 is 12.0. The number of imidazole rings is 1. The zero-order valence-corrected chi connectivity index (χ0v) is 10.5. The van der Waals surface area contributed by atoms with Gasteiger partial charge in [0, 0.05) is 7.11 Å². The first-order chi connectivity index (χ1) is 8.83. The largest absolute Gasteiger partial charge is 0.463 e. The summed E-state index contributed by atoms with van der Waals surface area (Å²) >= 11 is 1.43. The Morgan fingerprint density at radius 3 is 3.11 bits per heavy atom. The maximum Gasteiger partial charge on any atom is 0.213 e. The van der Waals surface area contributed by atoms with Crippen molar-refractivity contribution in [3.8, 4) is 11.5 Å². The predicted octanol–water partition coefficient (Wildman–Crippen LogP) is 1.69. The highest BCUT2D eigenvalue weighted by atomic mass is 32.1. The molecule has 0 amide bonds. The smallest absolute Gasteiger partial charge is 0.213 e. The van der Waals surface area contributed by atoms with E-state index in [9.17, 15) is 5.11 Å². The maximum atomic E-state index is 9.47. The van der Waals surface area contributed by atoms with Crippen LogP contribution < -0.4 is 0 Å². The van der Waals surface area contributed by atoms with E-state index in [0.717, 1.165) is 9.97 Å². The number of aliphatic hydroxyl groups excluding tert-OH is 1. The van der Waals surface area contributed by atoms with Crippen LogP contribution in [0.2, 0.25) is 0 Å². The number of hydrogen-bond acceptors (Lipinski definition) is 6. The molecule has 3 rings (SSSR count). The molecule has 0 aromatic carbocycles. The Morgan fingerprint density at radius 2 is 2.44 bits per heavy atom. The van der Waals surface area contributed by atoms with Gasteiger partial charge in [0.1, 0.15) is 16.4 Å². The lowest BCUT2D eigenvalue weighted by molar-refractivity contribution is 0.183. The summed E-state index contributed by atoms with van der Waals surface area (Å²) in [7, 11) is 1.62. The van der Waals surface area contributed by atoms with E-state index in [1.54, 1.807) is 24.0 Å². The molecule has 0 atom stereocenters. The molecule has 1 N–H and O–H groups in total. The average Bonchev–Trinajstić information content (AvgIpc) is 3.02. The summed E-state index contributed by atoms with van der Waals surface area (Å²) in [6.07, 6.45) is 1.58. The summed E-state index contributed by atoms with van der Waals surface area (Å²) in [4.78, 5) is 5.16. The van der Waals surface area contributed by atoms with Crippen molar-refractivity contribution in [3.05, 3.63) is 29.1 Å². The Labute approximate surface area is 106 Å². The van der Waals surface area contributed by atoms with Crippen molar-refractivity contribution in [2.24, 2.45) is 0 Å². The molecule has 0 unspecified atom stereocenters. The first-order valence-electron chi connectivity index (χ1n) is 5.34. The van der Waals surface area contributed by atoms with E-state index in [2.05, 4.69) is 10.1 Å². The number of aromatic nitrogens is 3. The van der Waals surface area contributed by atoms with Gasteiger partial charge in [-0.3, -0.25) is 0 Å². The van der Waals surface area contributed by atoms with E-state index in [-0.39, 0.29) is 6.61 Å². The highest BCUT2D eigenvalue weighted by Crippen LogP contribution is 2.27. The lowest BCUT2D eigenvalue weighted by Gasteiger charge is -1.96. The molecular weight excluding hydrogens is 254 g/mol. The van der Waals surface area contributed by atoms with Crippen molar-refractivity contribution >= 4 is 16.3 Å². The van der Waals surface area contributed by atoms with Crippen LogP contribution >= 0.6 is 11.3 Å². The summed E-state index contributed by atoms with van der Waals surface area (Å²) in [5.41, 5.74) is 1.25. The molecule has 0 fully saturated rings. The van der Waals surface area contributed by atoms with Crippen LogP contribution in [0.5, 0.6) is 0 Å². The third kappa shape index (κ3) is 1.72. The second-order valence-electron chi connectivity index (χ2n) is 3.67. The van der Waals surface area contributed by atoms with Gasteiger partial charge in [-0.15, -0.1) is 0 Å². The molecule has 3 heterocycles. The third-order valence-electron chi connectivity index (χ3n) is 2.51. The number of methoxy groups -OCH3 is 1. The number of hydrogen-bond donors (Lipinski definition) is 1. The SMILES string of the molecule is COCc1nn2c(CO)c(-c3ccco3)nc2s1. The minimum absolute atomic E-state index is 0.145. The summed E-state index contributed by atoms with van der Waals surface area (Å²) in [6, 6.07) is 3.59. The van der Waals surface area contributed by atoms with Crippen molar-refractivity contribution in [1.29, 1.82) is 0 Å². The van der Waals surface area contributed by atoms with E-state index >= 15 is 0 Å². The van der Waals surface area contributed by atoms with Crippen molar-refractivity contribution in [2.75, 3.05) is 7.11 Å². The van der Waals surface area contributed by atoms with Crippen LogP contribution in [0, 0.1) is 0 Å². The molecule has 94 valence electrons. The minimum atomic E-state index is -0.145. The average molecular weight is 265 g/mol. The normalized spacial score (nSPS) is 11.4. The number of rotatable bonds is 4. The van der Waals surface area contributed by atoms with Crippen LogP contribution in [0.15, 0.2) is 22.8 Å². The Kier molecular flexibility index (Phi) is 2.86. The van der Waals surface area contributed by atoms with E-state index < -0.39 is 0 Å². The fourth-order valence-electron chi connectivity index (χ4n) is 1.76. The second kappa shape index (κ2) is 4.52. The molecule has 0 aliphatic heterocycles. The van der Waals surface area contributed by atoms with E-state index in [0.29, 0.717) is 23.8 Å². The third-order valence-corrected chi connectivity index (χ3v) is 3.39. The predicted molar refractivity (Wildman–Crippen MR) is 65.2 cm³/mol. The molecule has 0 aliphatic carbocycles. The Morgan fingerprint density at radius 1 is 1.56 bits per heavy atom. The molecule has 3 aromatic rings. The van der Waals surface area contributed by atoms with Crippen molar-refractivity contribution < 1.29 is 14.3 Å². The lowest BCUT2D eigenvalue weighted by atomic mass is 10.3. The molecule has 6 nitrogen and oxygen atoms in total. The maximum absolute atomic E-state index is 9.47. The molecule has 0 saturated heterocycles. The minimum Gasteiger partial charge on any atom is -0.463 e. The summed E-state index contributed by atoms with van der Waals surface area (Å²) in [6.45, 7) is 0.294. The van der Waals surface area contributed by atoms with Gasteiger partial charge in [-0.05, 0) is 12.1 Å². The van der Waals surface area contributed by atoms with Crippen molar-refractivity contribution in [2.45, 2.75) is 13.2 Å². The van der Waals surface area contributed by atoms with Gasteiger partial charge in [0.15, 0.2) is 5.76 Å². The van der Waals surface area contributed by atoms with Crippen LogP contribution in [0.25, 0.3) is 16.4 Å². The number of furan rings is 1. The molecule has 0 aliphatic rings.